The van der Waals surface area contributed by atoms with E-state index >= 15 is 0 Å². The smallest absolute Gasteiger partial charge is 0.363 e. The predicted molar refractivity (Wildman–Crippen MR) is 64.8 cm³/mol. The third-order valence-corrected chi connectivity index (χ3v) is 4.12. The van der Waals surface area contributed by atoms with Crippen LogP contribution < -0.4 is 0 Å². The van der Waals surface area contributed by atoms with Gasteiger partial charge in [-0.1, -0.05) is 6.92 Å². The van der Waals surface area contributed by atoms with Crippen LogP contribution in [-0.4, -0.2) is 45.7 Å². The molecule has 0 saturated heterocycles. The van der Waals surface area contributed by atoms with E-state index < -0.39 is 32.1 Å². The molecule has 0 aliphatic rings. The molecule has 1 aromatic rings. The molecule has 0 atom stereocenters. The molecule has 0 bridgehead atoms. The first-order valence-electron chi connectivity index (χ1n) is 5.42. The fourth-order valence-corrected chi connectivity index (χ4v) is 2.75. The molecule has 1 N–H and O–H groups in total. The Morgan fingerprint density at radius 3 is 2.58 bits per heavy atom. The van der Waals surface area contributed by atoms with Gasteiger partial charge in [0.1, 0.15) is 6.20 Å². The van der Waals surface area contributed by atoms with E-state index in [1.54, 1.807) is 6.92 Å². The molecule has 1 heterocycles. The Labute approximate surface area is 108 Å². The van der Waals surface area contributed by atoms with Crippen molar-refractivity contribution in [3.05, 3.63) is 22.0 Å². The molecule has 9 nitrogen and oxygen atoms in total. The molecule has 0 amide bonds. The van der Waals surface area contributed by atoms with Gasteiger partial charge >= 0.3 is 11.7 Å². The molecule has 0 spiro atoms. The number of aromatic nitrogens is 2. The van der Waals surface area contributed by atoms with Crippen molar-refractivity contribution in [3.63, 3.8) is 0 Å². The highest BCUT2D eigenvalue weighted by Crippen LogP contribution is 2.16. The van der Waals surface area contributed by atoms with Gasteiger partial charge in [0, 0.05) is 5.75 Å². The normalized spacial score (nSPS) is 11.4. The number of hydrogen-bond donors (Lipinski definition) is 1. The van der Waals surface area contributed by atoms with E-state index in [0.29, 0.717) is 6.42 Å². The minimum atomic E-state index is -3.25. The van der Waals surface area contributed by atoms with E-state index in [1.807, 2.05) is 0 Å². The van der Waals surface area contributed by atoms with Crippen molar-refractivity contribution in [2.24, 2.45) is 0 Å². The predicted octanol–water partition coefficient (Wildman–Crippen LogP) is 0.314. The molecule has 0 unspecified atom stereocenters. The van der Waals surface area contributed by atoms with Gasteiger partial charge in [-0.2, -0.15) is 5.10 Å². The van der Waals surface area contributed by atoms with Crippen molar-refractivity contribution < 1.29 is 23.2 Å². The fraction of sp³-hybridized carbons (Fsp3) is 0.556. The highest BCUT2D eigenvalue weighted by molar-refractivity contribution is 7.91. The van der Waals surface area contributed by atoms with Crippen molar-refractivity contribution in [3.8, 4) is 0 Å². The molecule has 1 aromatic heterocycles. The largest absolute Gasteiger partial charge is 0.476 e. The molecule has 10 heteroatoms. The summed E-state index contributed by atoms with van der Waals surface area (Å²) in [5.41, 5.74) is -1.35. The maximum Gasteiger partial charge on any atom is 0.363 e. The standard InChI is InChI=1S/C9H13N3O6S/c1-2-4-19(17,18)5-3-11-6-7(12(15)16)8(10-11)9(13)14/h6H,2-5H2,1H3,(H,13,14). The van der Waals surface area contributed by atoms with Gasteiger partial charge in [0.05, 0.1) is 17.2 Å². The Hall–Kier alpha value is -1.97. The summed E-state index contributed by atoms with van der Waals surface area (Å²) < 4.78 is 23.9. The van der Waals surface area contributed by atoms with Gasteiger partial charge in [0.25, 0.3) is 0 Å². The molecule has 0 aromatic carbocycles. The maximum absolute atomic E-state index is 11.5. The lowest BCUT2D eigenvalue weighted by atomic mass is 10.4. The van der Waals surface area contributed by atoms with Gasteiger partial charge in [-0.05, 0) is 6.42 Å². The van der Waals surface area contributed by atoms with E-state index in [9.17, 15) is 23.3 Å². The monoisotopic (exact) mass is 291 g/mol. The Kier molecular flexibility index (Phi) is 4.59. The average Bonchev–Trinajstić information content (AvgIpc) is 2.70. The molecule has 0 saturated carbocycles. The number of carboxylic acids is 1. The van der Waals surface area contributed by atoms with Gasteiger partial charge in [0.15, 0.2) is 9.84 Å². The highest BCUT2D eigenvalue weighted by Gasteiger charge is 2.25. The second-order valence-electron chi connectivity index (χ2n) is 3.84. The van der Waals surface area contributed by atoms with Crippen molar-refractivity contribution in [1.29, 1.82) is 0 Å². The number of nitrogens with zero attached hydrogens (tertiary/aromatic N) is 3. The lowest BCUT2D eigenvalue weighted by Gasteiger charge is -2.02. The summed E-state index contributed by atoms with van der Waals surface area (Å²) in [6, 6.07) is 0. The molecule has 0 aliphatic carbocycles. The maximum atomic E-state index is 11.5. The second-order valence-corrected chi connectivity index (χ2v) is 6.14. The van der Waals surface area contributed by atoms with Gasteiger partial charge < -0.3 is 5.11 Å². The zero-order chi connectivity index (χ0) is 14.6. The number of aromatic carboxylic acids is 1. The van der Waals surface area contributed by atoms with Gasteiger partial charge in [0.2, 0.25) is 5.69 Å². The fourth-order valence-electron chi connectivity index (χ4n) is 1.46. The van der Waals surface area contributed by atoms with Crippen LogP contribution in [0.1, 0.15) is 23.8 Å². The number of carboxylic acid groups (broad SMARTS) is 1. The molecule has 0 radical (unpaired) electrons. The SMILES string of the molecule is CCCS(=O)(=O)CCn1cc([N+](=O)[O-])c(C(=O)O)n1. The summed E-state index contributed by atoms with van der Waals surface area (Å²) in [4.78, 5) is 20.5. The molecule has 19 heavy (non-hydrogen) atoms. The van der Waals surface area contributed by atoms with Crippen LogP contribution in [0.2, 0.25) is 0 Å². The van der Waals surface area contributed by atoms with Crippen LogP contribution in [-0.2, 0) is 16.4 Å². The summed E-state index contributed by atoms with van der Waals surface area (Å²) in [5, 5.41) is 22.9. The van der Waals surface area contributed by atoms with E-state index in [1.165, 1.54) is 0 Å². The quantitative estimate of drug-likeness (QED) is 0.564. The number of aryl methyl sites for hydroxylation is 1. The van der Waals surface area contributed by atoms with Crippen LogP contribution in [0, 0.1) is 10.1 Å². The number of sulfone groups is 1. The van der Waals surface area contributed by atoms with Crippen molar-refractivity contribution in [2.45, 2.75) is 19.9 Å². The van der Waals surface area contributed by atoms with Crippen molar-refractivity contribution in [2.75, 3.05) is 11.5 Å². The first-order chi connectivity index (χ1) is 8.76. The summed E-state index contributed by atoms with van der Waals surface area (Å²) >= 11 is 0. The van der Waals surface area contributed by atoms with Gasteiger partial charge in [-0.15, -0.1) is 0 Å². The number of carbonyl (C=O) groups is 1. The van der Waals surface area contributed by atoms with E-state index in [-0.39, 0.29) is 18.1 Å². The van der Waals surface area contributed by atoms with Crippen molar-refractivity contribution >= 4 is 21.5 Å². The summed E-state index contributed by atoms with van der Waals surface area (Å²) in [6.45, 7) is 1.61. The Morgan fingerprint density at radius 2 is 2.16 bits per heavy atom. The number of rotatable bonds is 7. The molecule has 0 aliphatic heterocycles. The first kappa shape index (κ1) is 15.1. The Balaban J connectivity index is 2.89. The lowest BCUT2D eigenvalue weighted by Crippen LogP contribution is -2.16. The molecular weight excluding hydrogens is 278 g/mol. The van der Waals surface area contributed by atoms with E-state index in [2.05, 4.69) is 5.10 Å². The van der Waals surface area contributed by atoms with Crippen LogP contribution >= 0.6 is 0 Å². The minimum absolute atomic E-state index is 0.0160. The molecule has 0 fully saturated rings. The zero-order valence-corrected chi connectivity index (χ0v) is 11.0. The Morgan fingerprint density at radius 1 is 1.53 bits per heavy atom. The van der Waals surface area contributed by atoms with E-state index in [0.717, 1.165) is 10.9 Å². The van der Waals surface area contributed by atoms with Crippen LogP contribution in [0.25, 0.3) is 0 Å². The minimum Gasteiger partial charge on any atom is -0.476 e. The van der Waals surface area contributed by atoms with Crippen LogP contribution in [0.5, 0.6) is 0 Å². The molecule has 106 valence electrons. The van der Waals surface area contributed by atoms with E-state index in [4.69, 9.17) is 5.11 Å². The third-order valence-electron chi connectivity index (χ3n) is 2.29. The first-order valence-corrected chi connectivity index (χ1v) is 7.24. The second kappa shape index (κ2) is 5.78. The van der Waals surface area contributed by atoms with Crippen LogP contribution in [0.4, 0.5) is 5.69 Å². The molecular formula is C9H13N3O6S. The topological polar surface area (TPSA) is 132 Å². The highest BCUT2D eigenvalue weighted by atomic mass is 32.2. The van der Waals surface area contributed by atoms with Crippen LogP contribution in [0.15, 0.2) is 6.20 Å². The summed E-state index contributed by atoms with van der Waals surface area (Å²) in [5.74, 6) is -1.75. The summed E-state index contributed by atoms with van der Waals surface area (Å²) in [7, 11) is -3.25. The van der Waals surface area contributed by atoms with Crippen molar-refractivity contribution in [1.82, 2.24) is 9.78 Å². The number of nitro groups is 1. The number of hydrogen-bond acceptors (Lipinski definition) is 6. The third kappa shape index (κ3) is 4.02. The average molecular weight is 291 g/mol. The molecule has 1 rings (SSSR count). The lowest BCUT2D eigenvalue weighted by molar-refractivity contribution is -0.385. The van der Waals surface area contributed by atoms with Crippen LogP contribution in [0.3, 0.4) is 0 Å². The zero-order valence-electron chi connectivity index (χ0n) is 10.1. The summed E-state index contributed by atoms with van der Waals surface area (Å²) in [6.07, 6.45) is 1.40. The Bertz CT molecular complexity index is 560. The van der Waals surface area contributed by atoms with Gasteiger partial charge in [-0.3, -0.25) is 14.8 Å². The van der Waals surface area contributed by atoms with Gasteiger partial charge in [-0.25, -0.2) is 13.2 Å².